The minimum Gasteiger partial charge on any atom is -0.396 e. The molecule has 0 spiro atoms. The molecule has 0 aliphatic heterocycles. The van der Waals surface area contributed by atoms with Crippen molar-refractivity contribution < 1.29 is 26.8 Å². The summed E-state index contributed by atoms with van der Waals surface area (Å²) in [6.45, 7) is 4.43. The summed E-state index contributed by atoms with van der Waals surface area (Å²) in [4.78, 5) is 0. The van der Waals surface area contributed by atoms with Gasteiger partial charge >= 0.3 is 0 Å². The second-order valence-corrected chi connectivity index (χ2v) is 1.70. The van der Waals surface area contributed by atoms with Gasteiger partial charge in [0.1, 0.15) is 0 Å². The molecule has 0 aromatic carbocycles. The molecule has 0 aromatic heterocycles. The van der Waals surface area contributed by atoms with Crippen molar-refractivity contribution in [3.05, 3.63) is 0 Å². The molecule has 0 radical (unpaired) electrons. The first kappa shape index (κ1) is 10.6. The summed E-state index contributed by atoms with van der Waals surface area (Å²) in [6, 6.07) is 0. The predicted molar refractivity (Wildman–Crippen MR) is 26.5 cm³/mol. The summed E-state index contributed by atoms with van der Waals surface area (Å²) >= 11 is 0. The maximum atomic E-state index is 8.33. The van der Waals surface area contributed by atoms with Crippen LogP contribution in [0.4, 0.5) is 0 Å². The summed E-state index contributed by atoms with van der Waals surface area (Å²) in [5, 5.41) is 8.33. The van der Waals surface area contributed by atoms with Gasteiger partial charge in [-0.3, -0.25) is 0 Å². The molecule has 0 bridgehead atoms. The average molecular weight is 136 g/mol. The molecule has 0 aliphatic carbocycles. The molecule has 1 atom stereocenters. The Morgan fingerprint density at radius 2 is 2.00 bits per heavy atom. The van der Waals surface area contributed by atoms with Crippen LogP contribution >= 0.6 is 0 Å². The number of hydrogen-bond acceptors (Lipinski definition) is 1. The van der Waals surface area contributed by atoms with Gasteiger partial charge in [0.2, 0.25) is 0 Å². The van der Waals surface area contributed by atoms with E-state index in [0.29, 0.717) is 12.5 Å². The van der Waals surface area contributed by atoms with Gasteiger partial charge in [0.15, 0.2) is 0 Å². The van der Waals surface area contributed by atoms with Crippen molar-refractivity contribution in [1.82, 2.24) is 0 Å². The van der Waals surface area contributed by atoms with Crippen LogP contribution in [0.15, 0.2) is 0 Å². The summed E-state index contributed by atoms with van der Waals surface area (Å²) in [5.74, 6) is 0.491. The van der Waals surface area contributed by atoms with Crippen molar-refractivity contribution in [2.24, 2.45) is 5.92 Å². The Hall–Kier alpha value is 0.674. The molecule has 1 N–H and O–H groups in total. The fourth-order valence-electron chi connectivity index (χ4n) is 0.129. The Labute approximate surface area is 60.0 Å². The van der Waals surface area contributed by atoms with Gasteiger partial charge in [-0.1, -0.05) is 20.3 Å². The first-order valence-electron chi connectivity index (χ1n) is 2.42. The molecule has 7 heavy (non-hydrogen) atoms. The molecule has 0 fully saturated rings. The second kappa shape index (κ2) is 6.67. The van der Waals surface area contributed by atoms with Gasteiger partial charge in [-0.2, -0.15) is 0 Å². The van der Waals surface area contributed by atoms with Gasteiger partial charge in [0.25, 0.3) is 0 Å². The van der Waals surface area contributed by atoms with Crippen LogP contribution in [-0.4, -0.2) is 11.7 Å². The Balaban J connectivity index is 0. The zero-order valence-corrected chi connectivity index (χ0v) is 6.50. The molecule has 1 unspecified atom stereocenters. The number of aliphatic hydroxyl groups is 1. The average Bonchev–Trinajstić information content (AvgIpc) is 1.65. The minimum absolute atomic E-state index is 0. The molecule has 0 heterocycles. The first-order valence-corrected chi connectivity index (χ1v) is 2.42. The van der Waals surface area contributed by atoms with E-state index in [9.17, 15) is 0 Å². The summed E-state index contributed by atoms with van der Waals surface area (Å²) in [5.41, 5.74) is 0. The van der Waals surface area contributed by atoms with Crippen molar-refractivity contribution in [3.8, 4) is 0 Å². The fraction of sp³-hybridized carbons (Fsp3) is 1.00. The summed E-state index contributed by atoms with van der Waals surface area (Å²) < 4.78 is 0. The van der Waals surface area contributed by atoms with Gasteiger partial charge in [0, 0.05) is 28.3 Å². The summed E-state index contributed by atoms with van der Waals surface area (Å²) in [7, 11) is 0. The van der Waals surface area contributed by atoms with Crippen molar-refractivity contribution in [3.63, 3.8) is 0 Å². The van der Waals surface area contributed by atoms with Gasteiger partial charge in [-0.05, 0) is 5.92 Å². The van der Waals surface area contributed by atoms with E-state index >= 15 is 0 Å². The third kappa shape index (κ3) is 6.67. The van der Waals surface area contributed by atoms with Crippen LogP contribution in [0.5, 0.6) is 0 Å². The molecule has 1 nitrogen and oxygen atoms in total. The van der Waals surface area contributed by atoms with Gasteiger partial charge in [-0.15, -0.1) is 0 Å². The SMILES string of the molecule is CCC(C)CO.[Ti]. The standard InChI is InChI=1S/C5H12O.Ti/c1-3-5(2)4-6;/h5-6H,3-4H2,1-2H3;. The van der Waals surface area contributed by atoms with E-state index in [1.165, 1.54) is 0 Å². The maximum absolute atomic E-state index is 8.33. The van der Waals surface area contributed by atoms with Crippen LogP contribution in [0.1, 0.15) is 20.3 Å². The molecular formula is C5H12OTi. The Bertz CT molecular complexity index is 27.3. The van der Waals surface area contributed by atoms with E-state index in [-0.39, 0.29) is 21.7 Å². The van der Waals surface area contributed by atoms with E-state index in [1.807, 2.05) is 6.92 Å². The van der Waals surface area contributed by atoms with Crippen LogP contribution < -0.4 is 0 Å². The number of rotatable bonds is 2. The third-order valence-corrected chi connectivity index (χ3v) is 1.01. The molecule has 0 amide bonds. The molecule has 0 aliphatic rings. The second-order valence-electron chi connectivity index (χ2n) is 1.70. The normalized spacial score (nSPS) is 12.4. The van der Waals surface area contributed by atoms with Gasteiger partial charge < -0.3 is 5.11 Å². The minimum atomic E-state index is 0. The molecular weight excluding hydrogens is 124 g/mol. The van der Waals surface area contributed by atoms with Crippen LogP contribution in [-0.2, 0) is 21.7 Å². The maximum Gasteiger partial charge on any atom is 0.0456 e. The van der Waals surface area contributed by atoms with E-state index in [2.05, 4.69) is 6.92 Å². The fourth-order valence-corrected chi connectivity index (χ4v) is 0.129. The predicted octanol–water partition coefficient (Wildman–Crippen LogP) is 1.02. The zero-order valence-electron chi connectivity index (χ0n) is 4.94. The third-order valence-electron chi connectivity index (χ3n) is 1.01. The van der Waals surface area contributed by atoms with Crippen LogP contribution in [0.25, 0.3) is 0 Å². The van der Waals surface area contributed by atoms with Crippen LogP contribution in [0.3, 0.4) is 0 Å². The molecule has 0 rings (SSSR count). The van der Waals surface area contributed by atoms with Crippen LogP contribution in [0, 0.1) is 5.92 Å². The van der Waals surface area contributed by atoms with Gasteiger partial charge in [-0.25, -0.2) is 0 Å². The topological polar surface area (TPSA) is 20.2 Å². The molecule has 2 heteroatoms. The van der Waals surface area contributed by atoms with E-state index in [1.54, 1.807) is 0 Å². The van der Waals surface area contributed by atoms with Crippen LogP contribution in [0.2, 0.25) is 0 Å². The van der Waals surface area contributed by atoms with Crippen molar-refractivity contribution in [2.45, 2.75) is 20.3 Å². The number of hydrogen-bond donors (Lipinski definition) is 1. The van der Waals surface area contributed by atoms with E-state index < -0.39 is 0 Å². The largest absolute Gasteiger partial charge is 0.396 e. The Morgan fingerprint density at radius 3 is 2.00 bits per heavy atom. The van der Waals surface area contributed by atoms with E-state index in [4.69, 9.17) is 5.11 Å². The van der Waals surface area contributed by atoms with Crippen molar-refractivity contribution >= 4 is 0 Å². The molecule has 0 aromatic rings. The first-order chi connectivity index (χ1) is 2.81. The van der Waals surface area contributed by atoms with Crippen molar-refractivity contribution in [2.75, 3.05) is 6.61 Å². The smallest absolute Gasteiger partial charge is 0.0456 e. The Kier molecular flexibility index (Phi) is 10.1. The quantitative estimate of drug-likeness (QED) is 0.562. The zero-order chi connectivity index (χ0) is 4.99. The number of aliphatic hydroxyl groups excluding tert-OH is 1. The summed E-state index contributed by atoms with van der Waals surface area (Å²) in [6.07, 6.45) is 1.08. The van der Waals surface area contributed by atoms with E-state index in [0.717, 1.165) is 6.42 Å². The molecule has 0 saturated heterocycles. The monoisotopic (exact) mass is 136 g/mol. The Morgan fingerprint density at radius 1 is 1.57 bits per heavy atom. The molecule has 42 valence electrons. The molecule has 0 saturated carbocycles. The van der Waals surface area contributed by atoms with Gasteiger partial charge in [0.05, 0.1) is 0 Å². The van der Waals surface area contributed by atoms with Crippen molar-refractivity contribution in [1.29, 1.82) is 0 Å².